The summed E-state index contributed by atoms with van der Waals surface area (Å²) in [6.45, 7) is 0.810. The number of hydrazine groups is 3. The number of carboxylic acid groups (broad SMARTS) is 2. The predicted molar refractivity (Wildman–Crippen MR) is 130 cm³/mol. The first-order valence-corrected chi connectivity index (χ1v) is 13.1. The molecule has 0 aromatic rings. The molecular formula is C24H50N4O4. The van der Waals surface area contributed by atoms with Crippen molar-refractivity contribution in [1.29, 1.82) is 0 Å². The molecule has 0 atom stereocenters. The molecule has 8 heteroatoms. The Labute approximate surface area is 195 Å². The number of amides is 1. The van der Waals surface area contributed by atoms with Gasteiger partial charge in [0, 0.05) is 13.0 Å². The van der Waals surface area contributed by atoms with Gasteiger partial charge in [0.1, 0.15) is 0 Å². The highest BCUT2D eigenvalue weighted by molar-refractivity contribution is 5.66. The molecule has 6 N–H and O–H groups in total. The zero-order valence-corrected chi connectivity index (χ0v) is 20.3. The maximum Gasteiger partial charge on any atom is 0.420 e. The van der Waals surface area contributed by atoms with Crippen LogP contribution in [-0.2, 0) is 4.79 Å². The highest BCUT2D eigenvalue weighted by Gasteiger charge is 1.98. The summed E-state index contributed by atoms with van der Waals surface area (Å²) >= 11 is 0. The fraction of sp³-hybridized carbons (Fsp3) is 0.917. The number of carboxylic acids is 1. The number of unbranched alkanes of at least 4 members (excludes halogenated alkanes) is 19. The number of nitrogens with one attached hydrogen (secondary N) is 4. The number of rotatable bonds is 26. The summed E-state index contributed by atoms with van der Waals surface area (Å²) < 4.78 is 0. The molecule has 0 unspecified atom stereocenters. The Morgan fingerprint density at radius 1 is 0.469 bits per heavy atom. The Morgan fingerprint density at radius 2 is 0.812 bits per heavy atom. The molecule has 0 aromatic carbocycles. The lowest BCUT2D eigenvalue weighted by molar-refractivity contribution is -0.137. The summed E-state index contributed by atoms with van der Waals surface area (Å²) in [5.41, 5.74) is 9.80. The Kier molecular flexibility index (Phi) is 24.8. The van der Waals surface area contributed by atoms with E-state index in [1.807, 2.05) is 5.43 Å². The molecule has 0 rings (SSSR count). The van der Waals surface area contributed by atoms with Crippen LogP contribution in [0, 0.1) is 0 Å². The maximum absolute atomic E-state index is 10.4. The number of aliphatic carboxylic acids is 1. The van der Waals surface area contributed by atoms with Crippen LogP contribution in [0.25, 0.3) is 0 Å². The Balaban J connectivity index is 3.02. The second-order valence-corrected chi connectivity index (χ2v) is 8.82. The van der Waals surface area contributed by atoms with Gasteiger partial charge >= 0.3 is 12.1 Å². The average molecular weight is 459 g/mol. The van der Waals surface area contributed by atoms with Gasteiger partial charge in [-0.15, -0.1) is 0 Å². The van der Waals surface area contributed by atoms with Gasteiger partial charge in [0.25, 0.3) is 0 Å². The fourth-order valence-corrected chi connectivity index (χ4v) is 3.86. The van der Waals surface area contributed by atoms with Crippen LogP contribution in [0.5, 0.6) is 0 Å². The third kappa shape index (κ3) is 28.6. The van der Waals surface area contributed by atoms with Crippen LogP contribution in [0.2, 0.25) is 0 Å². The van der Waals surface area contributed by atoms with E-state index in [4.69, 9.17) is 10.2 Å². The normalized spacial score (nSPS) is 11.0. The van der Waals surface area contributed by atoms with Crippen LogP contribution >= 0.6 is 0 Å². The smallest absolute Gasteiger partial charge is 0.420 e. The van der Waals surface area contributed by atoms with Crippen LogP contribution in [0.1, 0.15) is 135 Å². The van der Waals surface area contributed by atoms with Crippen molar-refractivity contribution in [3.63, 3.8) is 0 Å². The van der Waals surface area contributed by atoms with Gasteiger partial charge in [-0.1, -0.05) is 116 Å². The fourth-order valence-electron chi connectivity index (χ4n) is 3.86. The van der Waals surface area contributed by atoms with E-state index in [0.717, 1.165) is 25.8 Å². The van der Waals surface area contributed by atoms with E-state index >= 15 is 0 Å². The molecule has 0 spiro atoms. The average Bonchev–Trinajstić information content (AvgIpc) is 2.75. The van der Waals surface area contributed by atoms with Crippen LogP contribution in [0.4, 0.5) is 4.79 Å². The third-order valence-electron chi connectivity index (χ3n) is 5.76. The SMILES string of the molecule is O=C(O)CCCCCCCCCCCCCCCCCCCCCCNNNNC(=O)O. The lowest BCUT2D eigenvalue weighted by Gasteiger charge is -2.07. The predicted octanol–water partition coefficient (Wildman–Crippen LogP) is 6.04. The Bertz CT molecular complexity index is 387. The van der Waals surface area contributed by atoms with Gasteiger partial charge in [-0.05, 0) is 12.8 Å². The second kappa shape index (κ2) is 25.9. The Morgan fingerprint density at radius 3 is 1.16 bits per heavy atom. The number of carbonyl (C=O) groups is 2. The molecule has 0 aliphatic carbocycles. The molecule has 0 aliphatic heterocycles. The summed E-state index contributed by atoms with van der Waals surface area (Å²) in [6, 6.07) is 0. The van der Waals surface area contributed by atoms with Crippen molar-refractivity contribution >= 4 is 12.1 Å². The van der Waals surface area contributed by atoms with Crippen molar-refractivity contribution in [2.75, 3.05) is 6.54 Å². The lowest BCUT2D eigenvalue weighted by Crippen LogP contribution is -2.52. The van der Waals surface area contributed by atoms with Crippen molar-refractivity contribution in [2.45, 2.75) is 135 Å². The number of hydrogen-bond acceptors (Lipinski definition) is 5. The molecule has 0 saturated heterocycles. The molecule has 0 bridgehead atoms. The minimum absolute atomic E-state index is 0.328. The molecule has 0 radical (unpaired) electrons. The molecule has 190 valence electrons. The molecule has 32 heavy (non-hydrogen) atoms. The van der Waals surface area contributed by atoms with Crippen molar-refractivity contribution in [3.8, 4) is 0 Å². The highest BCUT2D eigenvalue weighted by atomic mass is 16.4. The van der Waals surface area contributed by atoms with E-state index in [0.29, 0.717) is 6.42 Å². The zero-order valence-electron chi connectivity index (χ0n) is 20.3. The van der Waals surface area contributed by atoms with Crippen molar-refractivity contribution in [2.24, 2.45) is 0 Å². The monoisotopic (exact) mass is 458 g/mol. The van der Waals surface area contributed by atoms with E-state index in [9.17, 15) is 9.59 Å². The van der Waals surface area contributed by atoms with Crippen LogP contribution in [0.3, 0.4) is 0 Å². The first-order chi connectivity index (χ1) is 15.6. The van der Waals surface area contributed by atoms with E-state index in [-0.39, 0.29) is 0 Å². The maximum atomic E-state index is 10.4. The molecule has 0 saturated carbocycles. The summed E-state index contributed by atoms with van der Waals surface area (Å²) in [5.74, 6) is -0.666. The third-order valence-corrected chi connectivity index (χ3v) is 5.76. The minimum Gasteiger partial charge on any atom is -0.481 e. The summed E-state index contributed by atoms with van der Waals surface area (Å²) in [6.07, 6.45) is 24.8. The zero-order chi connectivity index (χ0) is 23.5. The van der Waals surface area contributed by atoms with Gasteiger partial charge < -0.3 is 10.2 Å². The van der Waals surface area contributed by atoms with Crippen LogP contribution < -0.4 is 21.9 Å². The van der Waals surface area contributed by atoms with Gasteiger partial charge in [0.05, 0.1) is 0 Å². The van der Waals surface area contributed by atoms with E-state index < -0.39 is 12.1 Å². The molecule has 0 aromatic heterocycles. The minimum atomic E-state index is -1.12. The molecule has 1 amide bonds. The largest absolute Gasteiger partial charge is 0.481 e. The van der Waals surface area contributed by atoms with Gasteiger partial charge in [0.2, 0.25) is 0 Å². The van der Waals surface area contributed by atoms with Gasteiger partial charge in [-0.2, -0.15) is 11.1 Å². The van der Waals surface area contributed by atoms with Crippen LogP contribution in [0.15, 0.2) is 0 Å². The van der Waals surface area contributed by atoms with Gasteiger partial charge in [-0.25, -0.2) is 15.6 Å². The lowest BCUT2D eigenvalue weighted by atomic mass is 10.0. The Hall–Kier alpha value is -1.38. The standard InChI is InChI=1S/C24H50N4O4/c29-23(30)21-19-17-15-13-11-9-7-5-3-1-2-4-6-8-10-12-14-16-18-20-22-25-27-28-26-24(31)32/h25-28H,1-22H2,(H,29,30)(H,31,32). The van der Waals surface area contributed by atoms with Crippen molar-refractivity contribution in [1.82, 2.24) is 21.9 Å². The first-order valence-electron chi connectivity index (χ1n) is 13.1. The molecule has 0 aliphatic rings. The second-order valence-electron chi connectivity index (χ2n) is 8.82. The molecule has 0 fully saturated rings. The quantitative estimate of drug-likeness (QED) is 0.0689. The topological polar surface area (TPSA) is 123 Å². The van der Waals surface area contributed by atoms with Gasteiger partial charge in [0.15, 0.2) is 0 Å². The van der Waals surface area contributed by atoms with Crippen molar-refractivity contribution < 1.29 is 19.8 Å². The first kappa shape index (κ1) is 30.6. The van der Waals surface area contributed by atoms with Crippen molar-refractivity contribution in [3.05, 3.63) is 0 Å². The van der Waals surface area contributed by atoms with E-state index in [1.165, 1.54) is 109 Å². The van der Waals surface area contributed by atoms with Gasteiger partial charge in [-0.3, -0.25) is 4.79 Å². The summed E-state index contributed by atoms with van der Waals surface area (Å²) in [5, 5.41) is 16.9. The molecule has 8 nitrogen and oxygen atoms in total. The number of hydrogen-bond donors (Lipinski definition) is 6. The van der Waals surface area contributed by atoms with E-state index in [2.05, 4.69) is 16.5 Å². The molecular weight excluding hydrogens is 408 g/mol. The van der Waals surface area contributed by atoms with Crippen LogP contribution in [-0.4, -0.2) is 28.8 Å². The molecule has 0 heterocycles. The summed E-state index contributed by atoms with van der Waals surface area (Å²) in [7, 11) is 0. The van der Waals surface area contributed by atoms with E-state index in [1.54, 1.807) is 0 Å². The summed E-state index contributed by atoms with van der Waals surface area (Å²) in [4.78, 5) is 20.6. The highest BCUT2D eigenvalue weighted by Crippen LogP contribution is 2.15.